The Hall–Kier alpha value is -2.28. The van der Waals surface area contributed by atoms with Crippen LogP contribution in [0.4, 0.5) is 0 Å². The Balaban J connectivity index is 2.71. The average Bonchev–Trinajstić information content (AvgIpc) is 2.72. The van der Waals surface area contributed by atoms with Crippen molar-refractivity contribution in [3.8, 4) is 0 Å². The van der Waals surface area contributed by atoms with E-state index in [0.717, 1.165) is 0 Å². The van der Waals surface area contributed by atoms with Gasteiger partial charge in [-0.05, 0) is 12.3 Å². The molecule has 1 aromatic heterocycles. The number of hydrogen-bond donors (Lipinski definition) is 0. The molecule has 0 saturated carbocycles. The quantitative estimate of drug-likeness (QED) is 0.622. The molecule has 1 nitrogen and oxygen atoms in total. The lowest BCUT2D eigenvalue weighted by atomic mass is 10.1. The molecule has 0 amide bonds. The summed E-state index contributed by atoms with van der Waals surface area (Å²) in [5.74, 6) is 0. The second kappa shape index (κ2) is 4.43. The van der Waals surface area contributed by atoms with Gasteiger partial charge in [0.25, 0.3) is 0 Å². The topological polar surface area (TPSA) is 4.93 Å². The molecule has 0 N–H and O–H groups in total. The summed E-state index contributed by atoms with van der Waals surface area (Å²) in [6.45, 7) is 5.91. The zero-order valence-corrected chi connectivity index (χ0v) is 11.4. The van der Waals surface area contributed by atoms with Crippen molar-refractivity contribution < 1.29 is 0 Å². The molecule has 3 rings (SSSR count). The largest absolute Gasteiger partial charge is 0.343 e. The van der Waals surface area contributed by atoms with E-state index < -0.39 is 0 Å². The third kappa shape index (κ3) is 1.62. The van der Waals surface area contributed by atoms with E-state index in [0.29, 0.717) is 0 Å². The lowest BCUT2D eigenvalue weighted by Gasteiger charge is -2.02. The molecule has 0 fully saturated rings. The van der Waals surface area contributed by atoms with Crippen molar-refractivity contribution in [3.05, 3.63) is 59.6 Å². The molecule has 0 bridgehead atoms. The average molecular weight is 247 g/mol. The molecule has 2 aromatic carbocycles. The van der Waals surface area contributed by atoms with Gasteiger partial charge >= 0.3 is 0 Å². The van der Waals surface area contributed by atoms with E-state index in [9.17, 15) is 0 Å². The zero-order chi connectivity index (χ0) is 13.4. The van der Waals surface area contributed by atoms with E-state index in [4.69, 9.17) is 0 Å². The van der Waals surface area contributed by atoms with Gasteiger partial charge in [0.15, 0.2) is 0 Å². The van der Waals surface area contributed by atoms with Crippen molar-refractivity contribution in [2.45, 2.75) is 6.92 Å². The second-order valence-corrected chi connectivity index (χ2v) is 4.73. The molecule has 0 atom stereocenters. The fraction of sp³-hybridized carbons (Fsp3) is 0.111. The van der Waals surface area contributed by atoms with E-state index in [-0.39, 0.29) is 0 Å². The van der Waals surface area contributed by atoms with Crippen LogP contribution in [0.3, 0.4) is 0 Å². The smallest absolute Gasteiger partial charge is 0.0568 e. The Kier molecular flexibility index (Phi) is 2.75. The molecular weight excluding hydrogens is 230 g/mol. The Morgan fingerprint density at radius 1 is 1.05 bits per heavy atom. The van der Waals surface area contributed by atoms with Crippen LogP contribution < -0.4 is 10.6 Å². The fourth-order valence-electron chi connectivity index (χ4n) is 2.92. The highest BCUT2D eigenvalue weighted by Gasteiger charge is 2.07. The predicted molar refractivity (Wildman–Crippen MR) is 84.5 cm³/mol. The van der Waals surface area contributed by atoms with E-state index in [1.807, 2.05) is 6.08 Å². The van der Waals surface area contributed by atoms with Gasteiger partial charge in [0.2, 0.25) is 0 Å². The van der Waals surface area contributed by atoms with E-state index >= 15 is 0 Å². The Morgan fingerprint density at radius 3 is 2.58 bits per heavy atom. The first-order valence-electron chi connectivity index (χ1n) is 6.53. The van der Waals surface area contributed by atoms with Gasteiger partial charge in [-0.2, -0.15) is 0 Å². The van der Waals surface area contributed by atoms with Crippen LogP contribution in [-0.2, 0) is 7.05 Å². The summed E-state index contributed by atoms with van der Waals surface area (Å²) >= 11 is 0. The summed E-state index contributed by atoms with van der Waals surface area (Å²) in [5.41, 5.74) is 1.29. The van der Waals surface area contributed by atoms with Gasteiger partial charge in [0.1, 0.15) is 0 Å². The maximum atomic E-state index is 3.83. The molecule has 1 heteroatoms. The number of aromatic nitrogens is 1. The highest BCUT2D eigenvalue weighted by Crippen LogP contribution is 2.22. The first-order valence-corrected chi connectivity index (χ1v) is 6.53. The van der Waals surface area contributed by atoms with Gasteiger partial charge in [-0.25, -0.2) is 0 Å². The van der Waals surface area contributed by atoms with Crippen LogP contribution in [0.5, 0.6) is 0 Å². The molecule has 0 aliphatic heterocycles. The zero-order valence-electron chi connectivity index (χ0n) is 11.4. The molecule has 0 radical (unpaired) electrons. The third-order valence-electron chi connectivity index (χ3n) is 3.72. The molecule has 0 saturated heterocycles. The van der Waals surface area contributed by atoms with Crippen molar-refractivity contribution in [1.29, 1.82) is 0 Å². The Morgan fingerprint density at radius 2 is 1.84 bits per heavy atom. The van der Waals surface area contributed by atoms with E-state index in [1.54, 1.807) is 0 Å². The monoisotopic (exact) mass is 247 g/mol. The molecule has 3 aromatic rings. The lowest BCUT2D eigenvalue weighted by molar-refractivity contribution is 0.927. The summed E-state index contributed by atoms with van der Waals surface area (Å²) in [7, 11) is 2.13. The third-order valence-corrected chi connectivity index (χ3v) is 3.72. The molecule has 94 valence electrons. The van der Waals surface area contributed by atoms with Crippen molar-refractivity contribution in [2.75, 3.05) is 0 Å². The molecular formula is C18H17N. The molecule has 0 unspecified atom stereocenters. The van der Waals surface area contributed by atoms with Gasteiger partial charge in [-0.1, -0.05) is 61.2 Å². The minimum absolute atomic E-state index is 1.24. The van der Waals surface area contributed by atoms with Gasteiger partial charge in [0, 0.05) is 28.4 Å². The summed E-state index contributed by atoms with van der Waals surface area (Å²) in [4.78, 5) is 0. The van der Waals surface area contributed by atoms with Crippen LogP contribution >= 0.6 is 0 Å². The number of aryl methyl sites for hydroxylation is 1. The first kappa shape index (κ1) is 11.8. The van der Waals surface area contributed by atoms with Gasteiger partial charge in [-0.3, -0.25) is 0 Å². The maximum absolute atomic E-state index is 3.83. The SMILES string of the molecule is C=C/C=c1\c(=C/C)n(C)c2c1ccc1ccccc12. The Labute approximate surface area is 112 Å². The molecule has 0 spiro atoms. The first-order chi connectivity index (χ1) is 9.27. The lowest BCUT2D eigenvalue weighted by Crippen LogP contribution is -2.26. The number of benzene rings is 2. The summed E-state index contributed by atoms with van der Waals surface area (Å²) in [5, 5.41) is 6.36. The number of fused-ring (bicyclic) bond motifs is 3. The fourth-order valence-corrected chi connectivity index (χ4v) is 2.92. The van der Waals surface area contributed by atoms with E-state index in [1.165, 1.54) is 32.2 Å². The highest BCUT2D eigenvalue weighted by atomic mass is 14.9. The van der Waals surface area contributed by atoms with Crippen LogP contribution in [0.2, 0.25) is 0 Å². The standard InChI is InChI=1S/C18H17N/c1-4-8-15-16-12-11-13-9-6-7-10-14(13)18(16)19(3)17(15)5-2/h4-12H,1H2,2-3H3/b15-8-,17-5+. The van der Waals surface area contributed by atoms with Crippen LogP contribution in [0.1, 0.15) is 6.92 Å². The summed E-state index contributed by atoms with van der Waals surface area (Å²) < 4.78 is 2.27. The predicted octanol–water partition coefficient (Wildman–Crippen LogP) is 3.10. The van der Waals surface area contributed by atoms with Gasteiger partial charge < -0.3 is 4.57 Å². The van der Waals surface area contributed by atoms with Gasteiger partial charge in [0.05, 0.1) is 5.52 Å². The minimum atomic E-state index is 1.24. The minimum Gasteiger partial charge on any atom is -0.343 e. The van der Waals surface area contributed by atoms with Crippen LogP contribution in [0.25, 0.3) is 33.8 Å². The van der Waals surface area contributed by atoms with Crippen LogP contribution in [-0.4, -0.2) is 4.57 Å². The van der Waals surface area contributed by atoms with Crippen molar-refractivity contribution in [1.82, 2.24) is 4.57 Å². The summed E-state index contributed by atoms with van der Waals surface area (Å²) in [6.07, 6.45) is 6.10. The molecule has 1 heterocycles. The summed E-state index contributed by atoms with van der Waals surface area (Å²) in [6, 6.07) is 12.9. The van der Waals surface area contributed by atoms with E-state index in [2.05, 4.69) is 73.7 Å². The number of rotatable bonds is 1. The number of hydrogen-bond acceptors (Lipinski definition) is 0. The van der Waals surface area contributed by atoms with Crippen molar-refractivity contribution in [2.24, 2.45) is 7.05 Å². The Bertz CT molecular complexity index is 895. The molecule has 0 aliphatic rings. The maximum Gasteiger partial charge on any atom is 0.0568 e. The van der Waals surface area contributed by atoms with Gasteiger partial charge in [-0.15, -0.1) is 0 Å². The highest BCUT2D eigenvalue weighted by molar-refractivity contribution is 6.06. The normalized spacial score (nSPS) is 13.6. The molecule has 0 aliphatic carbocycles. The van der Waals surface area contributed by atoms with Crippen LogP contribution in [0.15, 0.2) is 49.1 Å². The number of allylic oxidation sites excluding steroid dienone is 1. The number of nitrogens with zero attached hydrogens (tertiary/aromatic N) is 1. The molecule has 19 heavy (non-hydrogen) atoms. The van der Waals surface area contributed by atoms with Crippen molar-refractivity contribution >= 4 is 33.8 Å². The van der Waals surface area contributed by atoms with Crippen molar-refractivity contribution in [3.63, 3.8) is 0 Å². The van der Waals surface area contributed by atoms with Crippen LogP contribution in [0, 0.1) is 0 Å². The second-order valence-electron chi connectivity index (χ2n) is 4.73.